The van der Waals surface area contributed by atoms with Crippen molar-refractivity contribution in [1.82, 2.24) is 15.1 Å². The summed E-state index contributed by atoms with van der Waals surface area (Å²) in [6.45, 7) is 5.84. The molecule has 0 bridgehead atoms. The van der Waals surface area contributed by atoms with Gasteiger partial charge in [0.15, 0.2) is 0 Å². The summed E-state index contributed by atoms with van der Waals surface area (Å²) in [7, 11) is 1.37. The SMILES string of the molecule is COC(=O)C1NCCN2C(=O)N(C(C)C)C[C@H]12. The van der Waals surface area contributed by atoms with E-state index in [4.69, 9.17) is 4.74 Å². The predicted octanol–water partition coefficient (Wildman–Crippen LogP) is -0.354. The molecular weight excluding hydrogens is 222 g/mol. The minimum Gasteiger partial charge on any atom is -0.468 e. The molecule has 0 aromatic heterocycles. The van der Waals surface area contributed by atoms with Gasteiger partial charge in [-0.05, 0) is 13.8 Å². The van der Waals surface area contributed by atoms with Crippen LogP contribution < -0.4 is 5.32 Å². The molecular formula is C11H19N3O3. The third-order valence-corrected chi connectivity index (χ3v) is 3.46. The summed E-state index contributed by atoms with van der Waals surface area (Å²) in [4.78, 5) is 27.3. The van der Waals surface area contributed by atoms with Crippen molar-refractivity contribution in [2.45, 2.75) is 32.0 Å². The molecule has 2 fully saturated rings. The van der Waals surface area contributed by atoms with Crippen LogP contribution in [0.3, 0.4) is 0 Å². The molecule has 6 nitrogen and oxygen atoms in total. The average Bonchev–Trinajstić information content (AvgIpc) is 2.66. The zero-order valence-electron chi connectivity index (χ0n) is 10.5. The molecule has 0 saturated carbocycles. The standard InChI is InChI=1S/C11H19N3O3/c1-7(2)14-6-8-9(10(15)17-3)12-4-5-13(8)11(14)16/h7-9,12H,4-6H2,1-3H3/t8-,9?/m1/s1. The summed E-state index contributed by atoms with van der Waals surface area (Å²) in [6, 6.07) is -0.320. The summed E-state index contributed by atoms with van der Waals surface area (Å²) in [5.74, 6) is -0.293. The molecule has 1 unspecified atom stereocenters. The quantitative estimate of drug-likeness (QED) is 0.671. The first kappa shape index (κ1) is 12.2. The van der Waals surface area contributed by atoms with Gasteiger partial charge in [0, 0.05) is 25.7 Å². The maximum Gasteiger partial charge on any atom is 0.325 e. The van der Waals surface area contributed by atoms with E-state index in [2.05, 4.69) is 5.32 Å². The number of amides is 2. The van der Waals surface area contributed by atoms with Crippen LogP contribution in [0.4, 0.5) is 4.79 Å². The zero-order chi connectivity index (χ0) is 12.6. The topological polar surface area (TPSA) is 61.9 Å². The van der Waals surface area contributed by atoms with Gasteiger partial charge in [0.05, 0.1) is 13.2 Å². The molecule has 0 aromatic rings. The number of nitrogens with zero attached hydrogens (tertiary/aromatic N) is 2. The fraction of sp³-hybridized carbons (Fsp3) is 0.818. The third-order valence-electron chi connectivity index (χ3n) is 3.46. The van der Waals surface area contributed by atoms with Crippen molar-refractivity contribution in [3.8, 4) is 0 Å². The molecule has 2 amide bonds. The summed E-state index contributed by atoms with van der Waals surface area (Å²) in [5.41, 5.74) is 0. The van der Waals surface area contributed by atoms with Crippen LogP contribution in [0.5, 0.6) is 0 Å². The van der Waals surface area contributed by atoms with Gasteiger partial charge < -0.3 is 19.9 Å². The van der Waals surface area contributed by atoms with E-state index in [-0.39, 0.29) is 24.1 Å². The Kier molecular flexibility index (Phi) is 3.24. The van der Waals surface area contributed by atoms with E-state index in [0.29, 0.717) is 19.6 Å². The molecule has 0 radical (unpaired) electrons. The monoisotopic (exact) mass is 241 g/mol. The smallest absolute Gasteiger partial charge is 0.325 e. The van der Waals surface area contributed by atoms with Crippen LogP contribution in [-0.4, -0.2) is 66.7 Å². The van der Waals surface area contributed by atoms with Gasteiger partial charge in [-0.15, -0.1) is 0 Å². The van der Waals surface area contributed by atoms with E-state index in [1.165, 1.54) is 7.11 Å². The number of methoxy groups -OCH3 is 1. The van der Waals surface area contributed by atoms with E-state index in [1.807, 2.05) is 13.8 Å². The lowest BCUT2D eigenvalue weighted by atomic mass is 10.1. The van der Waals surface area contributed by atoms with Gasteiger partial charge in [0.25, 0.3) is 0 Å². The first-order chi connectivity index (χ1) is 8.06. The summed E-state index contributed by atoms with van der Waals surface area (Å²) >= 11 is 0. The van der Waals surface area contributed by atoms with E-state index < -0.39 is 6.04 Å². The van der Waals surface area contributed by atoms with Crippen LogP contribution in [0, 0.1) is 0 Å². The molecule has 2 atom stereocenters. The predicted molar refractivity (Wildman–Crippen MR) is 61.5 cm³/mol. The Balaban J connectivity index is 2.17. The Morgan fingerprint density at radius 2 is 2.24 bits per heavy atom. The Hall–Kier alpha value is -1.30. The fourth-order valence-corrected chi connectivity index (χ4v) is 2.51. The molecule has 0 spiro atoms. The number of hydrogen-bond acceptors (Lipinski definition) is 4. The second-order valence-electron chi connectivity index (χ2n) is 4.74. The first-order valence-electron chi connectivity index (χ1n) is 5.94. The van der Waals surface area contributed by atoms with Gasteiger partial charge in [0.2, 0.25) is 0 Å². The number of fused-ring (bicyclic) bond motifs is 1. The lowest BCUT2D eigenvalue weighted by Crippen LogP contribution is -2.60. The van der Waals surface area contributed by atoms with Crippen LogP contribution in [0.2, 0.25) is 0 Å². The number of rotatable bonds is 2. The number of carbonyl (C=O) groups is 2. The van der Waals surface area contributed by atoms with Crippen molar-refractivity contribution in [1.29, 1.82) is 0 Å². The lowest BCUT2D eigenvalue weighted by molar-refractivity contribution is -0.145. The van der Waals surface area contributed by atoms with Gasteiger partial charge in [-0.25, -0.2) is 4.79 Å². The molecule has 0 aromatic carbocycles. The highest BCUT2D eigenvalue weighted by Gasteiger charge is 2.46. The van der Waals surface area contributed by atoms with Crippen LogP contribution in [0.15, 0.2) is 0 Å². The minimum absolute atomic E-state index is 0.0282. The molecule has 1 N–H and O–H groups in total. The molecule has 2 saturated heterocycles. The van der Waals surface area contributed by atoms with Crippen molar-refractivity contribution < 1.29 is 14.3 Å². The number of hydrogen-bond donors (Lipinski definition) is 1. The van der Waals surface area contributed by atoms with Crippen LogP contribution in [0.25, 0.3) is 0 Å². The van der Waals surface area contributed by atoms with Crippen molar-refractivity contribution in [3.05, 3.63) is 0 Å². The van der Waals surface area contributed by atoms with Crippen molar-refractivity contribution in [2.75, 3.05) is 26.7 Å². The molecule has 6 heteroatoms. The number of carbonyl (C=O) groups excluding carboxylic acids is 2. The molecule has 96 valence electrons. The molecule has 2 aliphatic heterocycles. The maximum absolute atomic E-state index is 12.1. The molecule has 2 rings (SSSR count). The second kappa shape index (κ2) is 4.52. The van der Waals surface area contributed by atoms with Gasteiger partial charge >= 0.3 is 12.0 Å². The maximum atomic E-state index is 12.1. The Bertz CT molecular complexity index is 332. The number of urea groups is 1. The van der Waals surface area contributed by atoms with E-state index in [9.17, 15) is 9.59 Å². The van der Waals surface area contributed by atoms with E-state index in [0.717, 1.165) is 0 Å². The Labute approximate surface area is 101 Å². The summed E-state index contributed by atoms with van der Waals surface area (Å²) < 4.78 is 4.77. The fourth-order valence-electron chi connectivity index (χ4n) is 2.51. The number of ether oxygens (including phenoxy) is 1. The van der Waals surface area contributed by atoms with Gasteiger partial charge in [-0.2, -0.15) is 0 Å². The first-order valence-corrected chi connectivity index (χ1v) is 5.94. The lowest BCUT2D eigenvalue weighted by Gasteiger charge is -2.34. The van der Waals surface area contributed by atoms with Crippen LogP contribution in [-0.2, 0) is 9.53 Å². The molecule has 2 aliphatic rings. The van der Waals surface area contributed by atoms with Crippen molar-refractivity contribution in [3.63, 3.8) is 0 Å². The van der Waals surface area contributed by atoms with Gasteiger partial charge in [0.1, 0.15) is 6.04 Å². The highest BCUT2D eigenvalue weighted by Crippen LogP contribution is 2.23. The number of nitrogens with one attached hydrogen (secondary N) is 1. The summed E-state index contributed by atoms with van der Waals surface area (Å²) in [6.07, 6.45) is 0. The Morgan fingerprint density at radius 3 is 2.82 bits per heavy atom. The Morgan fingerprint density at radius 1 is 1.53 bits per heavy atom. The second-order valence-corrected chi connectivity index (χ2v) is 4.74. The normalized spacial score (nSPS) is 28.6. The summed E-state index contributed by atoms with van der Waals surface area (Å²) in [5, 5.41) is 3.13. The van der Waals surface area contributed by atoms with E-state index in [1.54, 1.807) is 9.80 Å². The van der Waals surface area contributed by atoms with Gasteiger partial charge in [-0.1, -0.05) is 0 Å². The molecule has 2 heterocycles. The molecule has 17 heavy (non-hydrogen) atoms. The minimum atomic E-state index is -0.401. The van der Waals surface area contributed by atoms with Gasteiger partial charge in [-0.3, -0.25) is 4.79 Å². The van der Waals surface area contributed by atoms with E-state index >= 15 is 0 Å². The van der Waals surface area contributed by atoms with Crippen LogP contribution in [0.1, 0.15) is 13.8 Å². The molecule has 0 aliphatic carbocycles. The van der Waals surface area contributed by atoms with Crippen LogP contribution >= 0.6 is 0 Å². The van der Waals surface area contributed by atoms with Crippen molar-refractivity contribution >= 4 is 12.0 Å². The highest BCUT2D eigenvalue weighted by atomic mass is 16.5. The zero-order valence-corrected chi connectivity index (χ0v) is 10.5. The third kappa shape index (κ3) is 1.97. The number of esters is 1. The average molecular weight is 241 g/mol. The highest BCUT2D eigenvalue weighted by molar-refractivity contribution is 5.82. The number of piperazine rings is 1. The van der Waals surface area contributed by atoms with Crippen molar-refractivity contribution in [2.24, 2.45) is 0 Å². The largest absolute Gasteiger partial charge is 0.468 e.